The first-order chi connectivity index (χ1) is 18.5. The lowest BCUT2D eigenvalue weighted by Crippen LogP contribution is -2.64. The van der Waals surface area contributed by atoms with E-state index in [-0.39, 0.29) is 17.4 Å². The number of likely N-dealkylation sites (tertiary alicyclic amines) is 2. The third kappa shape index (κ3) is 5.46. The lowest BCUT2D eigenvalue weighted by molar-refractivity contribution is -0.136. The molecule has 0 N–H and O–H groups in total. The molecule has 2 saturated heterocycles. The first-order valence-corrected chi connectivity index (χ1v) is 14.4. The van der Waals surface area contributed by atoms with E-state index in [2.05, 4.69) is 50.9 Å². The van der Waals surface area contributed by atoms with Crippen molar-refractivity contribution in [2.45, 2.75) is 63.5 Å². The van der Waals surface area contributed by atoms with Crippen LogP contribution < -0.4 is 4.74 Å². The van der Waals surface area contributed by atoms with Gasteiger partial charge in [0.05, 0.1) is 13.2 Å². The fraction of sp³-hybridized carbons (Fsp3) is 0.562. The van der Waals surface area contributed by atoms with Crippen LogP contribution in [0.1, 0.15) is 56.6 Å². The number of fused-ring (bicyclic) bond motifs is 1. The van der Waals surface area contributed by atoms with Gasteiger partial charge in [-0.25, -0.2) is 4.85 Å². The van der Waals surface area contributed by atoms with Crippen LogP contribution in [-0.4, -0.2) is 73.0 Å². The number of hydrogen-bond acceptors (Lipinski definition) is 4. The van der Waals surface area contributed by atoms with Crippen molar-refractivity contribution in [2.75, 3.05) is 46.4 Å². The number of likely N-dealkylation sites (N-methyl/N-ethyl adjacent to an activating group) is 1. The van der Waals surface area contributed by atoms with Gasteiger partial charge in [0.1, 0.15) is 5.75 Å². The van der Waals surface area contributed by atoms with Crippen LogP contribution in [0.15, 0.2) is 48.5 Å². The van der Waals surface area contributed by atoms with Crippen LogP contribution in [0.4, 0.5) is 5.69 Å². The minimum absolute atomic E-state index is 0.0115. The second-order valence-electron chi connectivity index (χ2n) is 11.5. The summed E-state index contributed by atoms with van der Waals surface area (Å²) in [6, 6.07) is 16.7. The average Bonchev–Trinajstić information content (AvgIpc) is 2.95. The Morgan fingerprint density at radius 1 is 1.05 bits per heavy atom. The molecule has 1 amide bonds. The summed E-state index contributed by atoms with van der Waals surface area (Å²) >= 11 is 0. The van der Waals surface area contributed by atoms with E-state index < -0.39 is 0 Å². The van der Waals surface area contributed by atoms with E-state index in [1.165, 1.54) is 30.4 Å². The Hall–Kier alpha value is -2.88. The Bertz CT molecular complexity index is 1130. The number of rotatable bonds is 7. The van der Waals surface area contributed by atoms with Gasteiger partial charge in [-0.3, -0.25) is 4.79 Å². The number of benzene rings is 2. The molecule has 2 unspecified atom stereocenters. The maximum absolute atomic E-state index is 12.9. The van der Waals surface area contributed by atoms with E-state index in [4.69, 9.17) is 11.3 Å². The standard InChI is InChI=1S/C32H42N4O2/c1-25(37)36-19-7-6-11-31(36)32(24-34(3)23-26-9-4-5-10-30(26)32)27-16-20-35(21-17-27)18-8-22-38-29-14-12-28(33-2)13-15-29/h4-5,9-10,12-15,27,31H,6-8,11,16-24H2,1,3H3. The molecule has 2 fully saturated rings. The molecule has 2 aromatic rings. The van der Waals surface area contributed by atoms with Crippen LogP contribution in [0, 0.1) is 12.5 Å². The van der Waals surface area contributed by atoms with E-state index in [0.717, 1.165) is 64.3 Å². The Kier molecular flexibility index (Phi) is 8.35. The molecule has 2 atom stereocenters. The Morgan fingerprint density at radius 2 is 1.82 bits per heavy atom. The zero-order chi connectivity index (χ0) is 26.5. The zero-order valence-corrected chi connectivity index (χ0v) is 23.1. The van der Waals surface area contributed by atoms with Crippen LogP contribution in [0.2, 0.25) is 0 Å². The van der Waals surface area contributed by atoms with Gasteiger partial charge in [-0.1, -0.05) is 36.4 Å². The summed E-state index contributed by atoms with van der Waals surface area (Å²) < 4.78 is 5.92. The minimum atomic E-state index is -0.0115. The molecule has 2 aromatic carbocycles. The second kappa shape index (κ2) is 11.9. The van der Waals surface area contributed by atoms with Gasteiger partial charge in [-0.2, -0.15) is 0 Å². The van der Waals surface area contributed by atoms with Crippen molar-refractivity contribution < 1.29 is 9.53 Å². The Labute approximate surface area is 228 Å². The van der Waals surface area contributed by atoms with Gasteiger partial charge in [-0.15, -0.1) is 0 Å². The number of piperidine rings is 2. The molecule has 0 saturated carbocycles. The van der Waals surface area contributed by atoms with Crippen molar-refractivity contribution in [3.8, 4) is 5.75 Å². The summed E-state index contributed by atoms with van der Waals surface area (Å²) in [5.74, 6) is 1.63. The summed E-state index contributed by atoms with van der Waals surface area (Å²) in [7, 11) is 2.26. The predicted molar refractivity (Wildman–Crippen MR) is 151 cm³/mol. The number of nitrogens with zero attached hydrogens (tertiary/aromatic N) is 4. The molecule has 0 bridgehead atoms. The normalized spacial score (nSPS) is 25.0. The molecule has 3 heterocycles. The molecule has 0 radical (unpaired) electrons. The highest BCUT2D eigenvalue weighted by molar-refractivity contribution is 5.74. The zero-order valence-electron chi connectivity index (χ0n) is 23.1. The molecule has 0 aromatic heterocycles. The maximum atomic E-state index is 12.9. The number of amides is 1. The van der Waals surface area contributed by atoms with Crippen molar-refractivity contribution in [2.24, 2.45) is 5.92 Å². The third-order valence-corrected chi connectivity index (χ3v) is 9.16. The molecule has 38 heavy (non-hydrogen) atoms. The van der Waals surface area contributed by atoms with Crippen molar-refractivity contribution in [3.05, 3.63) is 71.1 Å². The highest BCUT2D eigenvalue weighted by Crippen LogP contribution is 2.49. The lowest BCUT2D eigenvalue weighted by Gasteiger charge is -2.57. The molecule has 0 aliphatic carbocycles. The number of ether oxygens (including phenoxy) is 1. The third-order valence-electron chi connectivity index (χ3n) is 9.16. The van der Waals surface area contributed by atoms with Gasteiger partial charge in [0.25, 0.3) is 0 Å². The summed E-state index contributed by atoms with van der Waals surface area (Å²) in [5.41, 5.74) is 3.58. The van der Waals surface area contributed by atoms with Crippen molar-refractivity contribution in [1.29, 1.82) is 0 Å². The highest BCUT2D eigenvalue weighted by Gasteiger charge is 2.53. The van der Waals surface area contributed by atoms with Crippen LogP contribution in [-0.2, 0) is 16.8 Å². The number of hydrogen-bond donors (Lipinski definition) is 0. The topological polar surface area (TPSA) is 40.4 Å². The molecule has 202 valence electrons. The molecular weight excluding hydrogens is 472 g/mol. The molecule has 5 rings (SSSR count). The summed E-state index contributed by atoms with van der Waals surface area (Å²) in [6.45, 7) is 15.7. The van der Waals surface area contributed by atoms with Gasteiger partial charge in [0.2, 0.25) is 5.91 Å². The molecule has 6 heteroatoms. The average molecular weight is 515 g/mol. The SMILES string of the molecule is [C-]#[N+]c1ccc(OCCCN2CCC(C3(C4CCCCN4C(C)=O)CN(C)Cc4ccccc43)CC2)cc1. The first-order valence-electron chi connectivity index (χ1n) is 14.4. The highest BCUT2D eigenvalue weighted by atomic mass is 16.5. The first kappa shape index (κ1) is 26.7. The van der Waals surface area contributed by atoms with Gasteiger partial charge in [0, 0.05) is 44.6 Å². The van der Waals surface area contributed by atoms with Gasteiger partial charge >= 0.3 is 0 Å². The van der Waals surface area contributed by atoms with E-state index in [0.29, 0.717) is 18.2 Å². The van der Waals surface area contributed by atoms with Crippen LogP contribution in [0.5, 0.6) is 5.75 Å². The second-order valence-corrected chi connectivity index (χ2v) is 11.5. The quantitative estimate of drug-likeness (QED) is 0.361. The lowest BCUT2D eigenvalue weighted by atomic mass is 9.58. The smallest absolute Gasteiger partial charge is 0.219 e. The van der Waals surface area contributed by atoms with Crippen molar-refractivity contribution >= 4 is 11.6 Å². The van der Waals surface area contributed by atoms with Gasteiger partial charge in [0.15, 0.2) is 5.69 Å². The van der Waals surface area contributed by atoms with E-state index in [1.54, 1.807) is 6.92 Å². The number of carbonyl (C=O) groups is 1. The predicted octanol–water partition coefficient (Wildman–Crippen LogP) is 5.50. The largest absolute Gasteiger partial charge is 0.494 e. The molecule has 0 spiro atoms. The summed E-state index contributed by atoms with van der Waals surface area (Å²) in [6.07, 6.45) is 6.77. The van der Waals surface area contributed by atoms with E-state index in [9.17, 15) is 4.79 Å². The van der Waals surface area contributed by atoms with Crippen LogP contribution in [0.3, 0.4) is 0 Å². The molecule has 3 aliphatic rings. The Morgan fingerprint density at radius 3 is 2.55 bits per heavy atom. The van der Waals surface area contributed by atoms with Crippen molar-refractivity contribution in [1.82, 2.24) is 14.7 Å². The van der Waals surface area contributed by atoms with E-state index in [1.807, 2.05) is 24.3 Å². The van der Waals surface area contributed by atoms with Gasteiger partial charge < -0.3 is 19.4 Å². The number of carbonyl (C=O) groups excluding carboxylic acids is 1. The minimum Gasteiger partial charge on any atom is -0.494 e. The molecule has 3 aliphatic heterocycles. The molecular formula is C32H42N4O2. The van der Waals surface area contributed by atoms with E-state index >= 15 is 0 Å². The fourth-order valence-corrected chi connectivity index (χ4v) is 7.51. The van der Waals surface area contributed by atoms with Gasteiger partial charge in [-0.05, 0) is 87.8 Å². The van der Waals surface area contributed by atoms with Crippen LogP contribution in [0.25, 0.3) is 4.85 Å². The Balaban J connectivity index is 1.27. The van der Waals surface area contributed by atoms with Crippen LogP contribution >= 0.6 is 0 Å². The summed E-state index contributed by atoms with van der Waals surface area (Å²) in [5, 5.41) is 0. The summed E-state index contributed by atoms with van der Waals surface area (Å²) in [4.78, 5) is 23.7. The monoisotopic (exact) mass is 514 g/mol. The fourth-order valence-electron chi connectivity index (χ4n) is 7.51. The maximum Gasteiger partial charge on any atom is 0.219 e. The molecule has 6 nitrogen and oxygen atoms in total. The van der Waals surface area contributed by atoms with Crippen molar-refractivity contribution in [3.63, 3.8) is 0 Å².